The summed E-state index contributed by atoms with van der Waals surface area (Å²) in [7, 11) is 0. The van der Waals surface area contributed by atoms with E-state index in [1.54, 1.807) is 24.5 Å². The molecule has 114 valence electrons. The maximum absolute atomic E-state index is 12.3. The maximum atomic E-state index is 12.3. The Morgan fingerprint density at radius 1 is 1.05 bits per heavy atom. The predicted molar refractivity (Wildman–Crippen MR) is 83.4 cm³/mol. The van der Waals surface area contributed by atoms with Crippen molar-refractivity contribution in [3.05, 3.63) is 47.9 Å². The summed E-state index contributed by atoms with van der Waals surface area (Å²) in [5, 5.41) is 11.3. The summed E-state index contributed by atoms with van der Waals surface area (Å²) in [6, 6.07) is 7.41. The van der Waals surface area contributed by atoms with Gasteiger partial charge in [0.15, 0.2) is 5.69 Å². The maximum Gasteiger partial charge on any atom is 0.274 e. The number of amides is 1. The first-order valence-corrected chi connectivity index (χ1v) is 7.59. The van der Waals surface area contributed by atoms with Gasteiger partial charge in [-0.2, -0.15) is 0 Å². The molecule has 6 nitrogen and oxygen atoms in total. The summed E-state index contributed by atoms with van der Waals surface area (Å²) in [5.74, 6) is 0.639. The second-order valence-corrected chi connectivity index (χ2v) is 5.37. The van der Waals surface area contributed by atoms with Crippen molar-refractivity contribution in [1.82, 2.24) is 20.1 Å². The zero-order valence-electron chi connectivity index (χ0n) is 12.4. The number of nitrogens with zero attached hydrogens (tertiary/aromatic N) is 4. The quantitative estimate of drug-likeness (QED) is 0.936. The number of anilines is 1. The van der Waals surface area contributed by atoms with Gasteiger partial charge in [-0.15, -0.1) is 10.2 Å². The van der Waals surface area contributed by atoms with E-state index in [9.17, 15) is 4.79 Å². The second kappa shape index (κ2) is 6.98. The molecule has 1 N–H and O–H groups in total. The van der Waals surface area contributed by atoms with Crippen molar-refractivity contribution in [3.8, 4) is 0 Å². The predicted octanol–water partition coefficient (Wildman–Crippen LogP) is 2.11. The van der Waals surface area contributed by atoms with Gasteiger partial charge in [-0.25, -0.2) is 0 Å². The average Bonchev–Trinajstić information content (AvgIpc) is 2.61. The number of carbonyl (C=O) groups excluding carboxylic acids is 1. The highest BCUT2D eigenvalue weighted by atomic mass is 16.2. The monoisotopic (exact) mass is 297 g/mol. The van der Waals surface area contributed by atoms with Crippen LogP contribution in [0.5, 0.6) is 0 Å². The first-order valence-electron chi connectivity index (χ1n) is 7.59. The van der Waals surface area contributed by atoms with Gasteiger partial charge >= 0.3 is 0 Å². The molecule has 0 spiro atoms. The molecular formula is C16H19N5O. The van der Waals surface area contributed by atoms with E-state index in [4.69, 9.17) is 0 Å². The molecule has 3 rings (SSSR count). The highest BCUT2D eigenvalue weighted by Gasteiger charge is 2.19. The molecule has 3 heterocycles. The van der Waals surface area contributed by atoms with Crippen LogP contribution < -0.4 is 5.32 Å². The summed E-state index contributed by atoms with van der Waals surface area (Å²) in [4.78, 5) is 18.1. The lowest BCUT2D eigenvalue weighted by Gasteiger charge is -2.26. The van der Waals surface area contributed by atoms with Crippen LogP contribution >= 0.6 is 0 Å². The highest BCUT2D eigenvalue weighted by Crippen LogP contribution is 2.12. The largest absolute Gasteiger partial charge is 0.365 e. The summed E-state index contributed by atoms with van der Waals surface area (Å²) in [5.41, 5.74) is 1.53. The minimum atomic E-state index is -0.0205. The van der Waals surface area contributed by atoms with E-state index >= 15 is 0 Å². The van der Waals surface area contributed by atoms with Crippen LogP contribution in [-0.2, 0) is 6.54 Å². The van der Waals surface area contributed by atoms with Crippen LogP contribution in [0.3, 0.4) is 0 Å². The Balaban J connectivity index is 1.59. The molecule has 0 aromatic carbocycles. The molecule has 0 unspecified atom stereocenters. The number of pyridine rings is 1. The minimum Gasteiger partial charge on any atom is -0.365 e. The number of piperidine rings is 1. The fourth-order valence-electron chi connectivity index (χ4n) is 2.49. The summed E-state index contributed by atoms with van der Waals surface area (Å²) < 4.78 is 0. The average molecular weight is 297 g/mol. The normalized spacial score (nSPS) is 14.6. The standard InChI is InChI=1S/C16H19N5O/c22-16(21-10-2-1-3-11-21)14-4-5-15(20-19-14)18-12-13-6-8-17-9-7-13/h4-9H,1-3,10-12H2,(H,18,20). The number of rotatable bonds is 4. The number of hydrogen-bond donors (Lipinski definition) is 1. The van der Waals surface area contributed by atoms with Crippen LogP contribution in [0, 0.1) is 0 Å². The van der Waals surface area contributed by atoms with Crippen molar-refractivity contribution in [2.24, 2.45) is 0 Å². The molecule has 1 amide bonds. The number of nitrogens with one attached hydrogen (secondary N) is 1. The molecule has 1 aliphatic heterocycles. The van der Waals surface area contributed by atoms with Crippen molar-refractivity contribution in [3.63, 3.8) is 0 Å². The van der Waals surface area contributed by atoms with Crippen LogP contribution in [0.2, 0.25) is 0 Å². The summed E-state index contributed by atoms with van der Waals surface area (Å²) in [6.07, 6.45) is 6.86. The molecule has 2 aromatic heterocycles. The van der Waals surface area contributed by atoms with Gasteiger partial charge in [-0.3, -0.25) is 9.78 Å². The van der Waals surface area contributed by atoms with Crippen LogP contribution in [0.4, 0.5) is 5.82 Å². The Bertz CT molecular complexity index is 608. The van der Waals surface area contributed by atoms with E-state index < -0.39 is 0 Å². The van der Waals surface area contributed by atoms with Crippen LogP contribution in [0.25, 0.3) is 0 Å². The van der Waals surface area contributed by atoms with Gasteiger partial charge in [-0.1, -0.05) is 0 Å². The molecule has 0 bridgehead atoms. The second-order valence-electron chi connectivity index (χ2n) is 5.37. The van der Waals surface area contributed by atoms with E-state index in [-0.39, 0.29) is 5.91 Å². The van der Waals surface area contributed by atoms with Gasteiger partial charge in [0, 0.05) is 32.0 Å². The van der Waals surface area contributed by atoms with Gasteiger partial charge in [0.05, 0.1) is 0 Å². The van der Waals surface area contributed by atoms with E-state index in [0.717, 1.165) is 31.5 Å². The van der Waals surface area contributed by atoms with E-state index in [0.29, 0.717) is 18.1 Å². The van der Waals surface area contributed by atoms with Gasteiger partial charge in [0.2, 0.25) is 0 Å². The Morgan fingerprint density at radius 3 is 2.50 bits per heavy atom. The molecule has 1 aliphatic rings. The highest BCUT2D eigenvalue weighted by molar-refractivity contribution is 5.92. The Labute approximate surface area is 129 Å². The zero-order valence-corrected chi connectivity index (χ0v) is 12.4. The van der Waals surface area contributed by atoms with Crippen molar-refractivity contribution in [2.45, 2.75) is 25.8 Å². The topological polar surface area (TPSA) is 71.0 Å². The zero-order chi connectivity index (χ0) is 15.2. The third-order valence-electron chi connectivity index (χ3n) is 3.75. The third-order valence-corrected chi connectivity index (χ3v) is 3.75. The van der Waals surface area contributed by atoms with Gasteiger partial charge in [0.25, 0.3) is 5.91 Å². The minimum absolute atomic E-state index is 0.0205. The smallest absolute Gasteiger partial charge is 0.274 e. The van der Waals surface area contributed by atoms with Crippen LogP contribution in [0.15, 0.2) is 36.7 Å². The third kappa shape index (κ3) is 3.58. The summed E-state index contributed by atoms with van der Waals surface area (Å²) in [6.45, 7) is 2.29. The fourth-order valence-corrected chi connectivity index (χ4v) is 2.49. The molecule has 2 aromatic rings. The Morgan fingerprint density at radius 2 is 1.82 bits per heavy atom. The molecule has 0 radical (unpaired) electrons. The molecule has 0 aliphatic carbocycles. The van der Waals surface area contributed by atoms with E-state index in [2.05, 4.69) is 20.5 Å². The molecule has 0 atom stereocenters. The molecule has 1 saturated heterocycles. The van der Waals surface area contributed by atoms with Crippen molar-refractivity contribution >= 4 is 11.7 Å². The number of aromatic nitrogens is 3. The van der Waals surface area contributed by atoms with Crippen LogP contribution in [-0.4, -0.2) is 39.1 Å². The SMILES string of the molecule is O=C(c1ccc(NCc2ccncc2)nn1)N1CCCCC1. The number of carbonyl (C=O) groups is 1. The number of hydrogen-bond acceptors (Lipinski definition) is 5. The Kier molecular flexibility index (Phi) is 4.58. The first kappa shape index (κ1) is 14.4. The van der Waals surface area contributed by atoms with Crippen LogP contribution in [0.1, 0.15) is 35.3 Å². The molecule has 0 saturated carbocycles. The van der Waals surface area contributed by atoms with Gasteiger partial charge in [-0.05, 0) is 49.1 Å². The van der Waals surface area contributed by atoms with Gasteiger partial charge < -0.3 is 10.2 Å². The van der Waals surface area contributed by atoms with Gasteiger partial charge in [0.1, 0.15) is 5.82 Å². The van der Waals surface area contributed by atoms with E-state index in [1.165, 1.54) is 6.42 Å². The fraction of sp³-hybridized carbons (Fsp3) is 0.375. The lowest BCUT2D eigenvalue weighted by atomic mass is 10.1. The van der Waals surface area contributed by atoms with Crippen molar-refractivity contribution in [1.29, 1.82) is 0 Å². The lowest BCUT2D eigenvalue weighted by molar-refractivity contribution is 0.0717. The number of likely N-dealkylation sites (tertiary alicyclic amines) is 1. The van der Waals surface area contributed by atoms with Crippen molar-refractivity contribution < 1.29 is 4.79 Å². The van der Waals surface area contributed by atoms with E-state index in [1.807, 2.05) is 17.0 Å². The lowest BCUT2D eigenvalue weighted by Crippen LogP contribution is -2.36. The molecular weight excluding hydrogens is 278 g/mol. The molecule has 1 fully saturated rings. The summed E-state index contributed by atoms with van der Waals surface area (Å²) >= 11 is 0. The van der Waals surface area contributed by atoms with Crippen molar-refractivity contribution in [2.75, 3.05) is 18.4 Å². The molecule has 6 heteroatoms. The molecule has 22 heavy (non-hydrogen) atoms. The Hall–Kier alpha value is -2.50. The first-order chi connectivity index (χ1) is 10.8.